The summed E-state index contributed by atoms with van der Waals surface area (Å²) in [5, 5.41) is 1.03. The highest BCUT2D eigenvalue weighted by atomic mass is 32.2. The van der Waals surface area contributed by atoms with E-state index in [1.807, 2.05) is 6.92 Å². The van der Waals surface area contributed by atoms with Crippen molar-refractivity contribution in [1.82, 2.24) is 0 Å². The van der Waals surface area contributed by atoms with Gasteiger partial charge in [0.1, 0.15) is 0 Å². The van der Waals surface area contributed by atoms with Gasteiger partial charge in [0.25, 0.3) is 0 Å². The van der Waals surface area contributed by atoms with Gasteiger partial charge in [0.15, 0.2) is 15.6 Å². The lowest BCUT2D eigenvalue weighted by Crippen LogP contribution is -2.40. The van der Waals surface area contributed by atoms with Crippen molar-refractivity contribution in [3.8, 4) is 0 Å². The van der Waals surface area contributed by atoms with E-state index in [1.54, 1.807) is 0 Å². The summed E-state index contributed by atoms with van der Waals surface area (Å²) in [6, 6.07) is 0. The molecule has 0 spiro atoms. The van der Waals surface area contributed by atoms with E-state index in [2.05, 4.69) is 4.90 Å². The lowest BCUT2D eigenvalue weighted by molar-refractivity contribution is 0.0992. The molecule has 0 unspecified atom stereocenters. The maximum Gasteiger partial charge on any atom is 0.174 e. The number of ketones is 1. The van der Waals surface area contributed by atoms with Crippen molar-refractivity contribution in [3.05, 3.63) is 10.4 Å². The molecule has 0 aromatic carbocycles. The van der Waals surface area contributed by atoms with Gasteiger partial charge in [0.05, 0.1) is 27.1 Å². The Hall–Kier alpha value is -1.08. The van der Waals surface area contributed by atoms with Crippen molar-refractivity contribution < 1.29 is 13.2 Å². The molecular weight excluding hydrogens is 308 g/mol. The van der Waals surface area contributed by atoms with Crippen LogP contribution >= 0.6 is 11.3 Å². The SMILES string of the molecule is CCC(=O)c1sc(N2CCS(=O)(=O)CC2)c(C2CC2)c1N. The van der Waals surface area contributed by atoms with E-state index in [1.165, 1.54) is 11.3 Å². The van der Waals surface area contributed by atoms with E-state index in [-0.39, 0.29) is 17.3 Å². The second kappa shape index (κ2) is 5.28. The van der Waals surface area contributed by atoms with E-state index in [0.29, 0.717) is 36.0 Å². The van der Waals surface area contributed by atoms with Crippen LogP contribution in [0.1, 0.15) is 47.3 Å². The zero-order chi connectivity index (χ0) is 15.2. The highest BCUT2D eigenvalue weighted by Gasteiger charge is 2.35. The summed E-state index contributed by atoms with van der Waals surface area (Å²) in [7, 11) is -2.90. The number of hydrogen-bond donors (Lipinski definition) is 1. The molecule has 3 rings (SSSR count). The molecule has 1 saturated carbocycles. The van der Waals surface area contributed by atoms with Gasteiger partial charge in [0, 0.05) is 25.1 Å². The Balaban J connectivity index is 1.96. The third-order valence-corrected chi connectivity index (χ3v) is 7.09. The van der Waals surface area contributed by atoms with Crippen LogP contribution in [-0.4, -0.2) is 38.8 Å². The van der Waals surface area contributed by atoms with Crippen LogP contribution in [0.4, 0.5) is 10.7 Å². The summed E-state index contributed by atoms with van der Waals surface area (Å²) in [5.74, 6) is 0.904. The molecule has 0 bridgehead atoms. The monoisotopic (exact) mass is 328 g/mol. The zero-order valence-electron chi connectivity index (χ0n) is 12.1. The van der Waals surface area contributed by atoms with Crippen LogP contribution < -0.4 is 10.6 Å². The number of nitrogens with zero attached hydrogens (tertiary/aromatic N) is 1. The predicted octanol–water partition coefficient (Wildman–Crippen LogP) is 2.04. The molecule has 1 saturated heterocycles. The number of carbonyl (C=O) groups excluding carboxylic acids is 1. The van der Waals surface area contributed by atoms with Crippen LogP contribution in [0.5, 0.6) is 0 Å². The first-order chi connectivity index (χ1) is 9.93. The van der Waals surface area contributed by atoms with Gasteiger partial charge in [-0.25, -0.2) is 8.42 Å². The third kappa shape index (κ3) is 2.81. The molecular formula is C14H20N2O3S2. The molecule has 7 heteroatoms. The molecule has 1 aromatic heterocycles. The first kappa shape index (κ1) is 14.8. The zero-order valence-corrected chi connectivity index (χ0v) is 13.7. The lowest BCUT2D eigenvalue weighted by Gasteiger charge is -2.28. The summed E-state index contributed by atoms with van der Waals surface area (Å²) in [6.45, 7) is 2.84. The average molecular weight is 328 g/mol. The highest BCUT2D eigenvalue weighted by Crippen LogP contribution is 2.52. The number of carbonyl (C=O) groups is 1. The molecule has 2 N–H and O–H groups in total. The third-order valence-electron chi connectivity index (χ3n) is 4.16. The van der Waals surface area contributed by atoms with E-state index in [9.17, 15) is 13.2 Å². The van der Waals surface area contributed by atoms with Crippen LogP contribution in [0.3, 0.4) is 0 Å². The topological polar surface area (TPSA) is 80.5 Å². The maximum absolute atomic E-state index is 12.0. The number of rotatable bonds is 4. The molecule has 1 aliphatic carbocycles. The first-order valence-electron chi connectivity index (χ1n) is 7.33. The number of hydrogen-bond acceptors (Lipinski definition) is 6. The van der Waals surface area contributed by atoms with Gasteiger partial charge in [-0.05, 0) is 18.8 Å². The van der Waals surface area contributed by atoms with Crippen LogP contribution in [-0.2, 0) is 9.84 Å². The highest BCUT2D eigenvalue weighted by molar-refractivity contribution is 7.91. The molecule has 2 heterocycles. The first-order valence-corrected chi connectivity index (χ1v) is 9.97. The fourth-order valence-electron chi connectivity index (χ4n) is 2.73. The summed E-state index contributed by atoms with van der Waals surface area (Å²) in [5.41, 5.74) is 7.96. The van der Waals surface area contributed by atoms with Crippen LogP contribution in [0.2, 0.25) is 0 Å². The van der Waals surface area contributed by atoms with Crippen molar-refractivity contribution in [2.24, 2.45) is 0 Å². The molecule has 5 nitrogen and oxygen atoms in total. The largest absolute Gasteiger partial charge is 0.397 e. The van der Waals surface area contributed by atoms with Crippen LogP contribution in [0, 0.1) is 0 Å². The van der Waals surface area contributed by atoms with Crippen molar-refractivity contribution in [2.45, 2.75) is 32.1 Å². The maximum atomic E-state index is 12.0. The van der Waals surface area contributed by atoms with Gasteiger partial charge in [-0.15, -0.1) is 11.3 Å². The van der Waals surface area contributed by atoms with Crippen LogP contribution in [0.25, 0.3) is 0 Å². The summed E-state index contributed by atoms with van der Waals surface area (Å²) >= 11 is 1.45. The minimum atomic E-state index is -2.90. The lowest BCUT2D eigenvalue weighted by atomic mass is 10.1. The van der Waals surface area contributed by atoms with Crippen molar-refractivity contribution in [1.29, 1.82) is 0 Å². The molecule has 1 aliphatic heterocycles. The van der Waals surface area contributed by atoms with E-state index >= 15 is 0 Å². The van der Waals surface area contributed by atoms with Crippen molar-refractivity contribution in [3.63, 3.8) is 0 Å². The summed E-state index contributed by atoms with van der Waals surface area (Å²) in [4.78, 5) is 14.8. The molecule has 1 aromatic rings. The number of nitrogen functional groups attached to an aromatic ring is 1. The Morgan fingerprint density at radius 1 is 1.33 bits per heavy atom. The van der Waals surface area contributed by atoms with Gasteiger partial charge in [-0.2, -0.15) is 0 Å². The quantitative estimate of drug-likeness (QED) is 0.856. The second-order valence-electron chi connectivity index (χ2n) is 5.75. The standard InChI is InChI=1S/C14H20N2O3S2/c1-2-10(17)13-12(15)11(9-3-4-9)14(20-13)16-5-7-21(18,19)8-6-16/h9H,2-8,15H2,1H3. The van der Waals surface area contributed by atoms with Crippen molar-refractivity contribution >= 4 is 37.6 Å². The van der Waals surface area contributed by atoms with Crippen LogP contribution in [0.15, 0.2) is 0 Å². The second-order valence-corrected chi connectivity index (χ2v) is 9.06. The Labute approximate surface area is 129 Å². The van der Waals surface area contributed by atoms with Gasteiger partial charge < -0.3 is 10.6 Å². The van der Waals surface area contributed by atoms with E-state index in [4.69, 9.17) is 5.73 Å². The molecule has 116 valence electrons. The number of nitrogens with two attached hydrogens (primary N) is 1. The minimum Gasteiger partial charge on any atom is -0.397 e. The Kier molecular flexibility index (Phi) is 3.73. The Morgan fingerprint density at radius 3 is 2.48 bits per heavy atom. The molecule has 21 heavy (non-hydrogen) atoms. The number of sulfone groups is 1. The van der Waals surface area contributed by atoms with E-state index in [0.717, 1.165) is 23.4 Å². The molecule has 2 aliphatic rings. The molecule has 0 amide bonds. The number of thiophene rings is 1. The smallest absolute Gasteiger partial charge is 0.174 e. The van der Waals surface area contributed by atoms with Gasteiger partial charge in [-0.3, -0.25) is 4.79 Å². The van der Waals surface area contributed by atoms with Crippen molar-refractivity contribution in [2.75, 3.05) is 35.2 Å². The van der Waals surface area contributed by atoms with Gasteiger partial charge in [0.2, 0.25) is 0 Å². The average Bonchev–Trinajstić information content (AvgIpc) is 3.22. The normalized spacial score (nSPS) is 21.5. The predicted molar refractivity (Wildman–Crippen MR) is 86.2 cm³/mol. The molecule has 0 atom stereocenters. The van der Waals surface area contributed by atoms with E-state index < -0.39 is 9.84 Å². The fourth-order valence-corrected chi connectivity index (χ4v) is 5.30. The number of Topliss-reactive ketones (excluding diaryl/α,β-unsaturated/α-hetero) is 1. The van der Waals surface area contributed by atoms with Gasteiger partial charge in [-0.1, -0.05) is 6.92 Å². The Morgan fingerprint density at radius 2 is 1.95 bits per heavy atom. The summed E-state index contributed by atoms with van der Waals surface area (Å²) < 4.78 is 23.2. The molecule has 0 radical (unpaired) electrons. The summed E-state index contributed by atoms with van der Waals surface area (Å²) in [6.07, 6.45) is 2.67. The van der Waals surface area contributed by atoms with Gasteiger partial charge >= 0.3 is 0 Å². The minimum absolute atomic E-state index is 0.0790. The molecule has 2 fully saturated rings. The Bertz CT molecular complexity index is 661. The fraction of sp³-hybridized carbons (Fsp3) is 0.643. The number of anilines is 2.